The fourth-order valence-electron chi connectivity index (χ4n) is 1.70. The minimum Gasteiger partial charge on any atom is -0.395 e. The fraction of sp³-hybridized carbons (Fsp3) is 1.00. The lowest BCUT2D eigenvalue weighted by molar-refractivity contribution is 0.00168. The van der Waals surface area contributed by atoms with Crippen molar-refractivity contribution in [1.82, 2.24) is 10.6 Å². The second kappa shape index (κ2) is 13.0. The predicted molar refractivity (Wildman–Crippen MR) is 83.1 cm³/mol. The Morgan fingerprint density at radius 2 is 1.20 bits per heavy atom. The van der Waals surface area contributed by atoms with E-state index in [1.807, 2.05) is 13.8 Å². The van der Waals surface area contributed by atoms with Gasteiger partial charge in [-0.15, -0.1) is 24.8 Å². The van der Waals surface area contributed by atoms with E-state index in [0.29, 0.717) is 25.4 Å². The van der Waals surface area contributed by atoms with E-state index >= 15 is 0 Å². The molecule has 0 amide bonds. The molecule has 0 aliphatic carbocycles. The molecule has 0 bridgehead atoms. The molecule has 20 heavy (non-hydrogen) atoms. The van der Waals surface area contributed by atoms with E-state index < -0.39 is 0 Å². The molecule has 8 heteroatoms. The maximum absolute atomic E-state index is 8.63. The molecule has 2 aliphatic heterocycles. The minimum atomic E-state index is 0. The summed E-state index contributed by atoms with van der Waals surface area (Å²) < 4.78 is 10.5. The number of hydrogen-bond acceptors (Lipinski definition) is 6. The first-order chi connectivity index (χ1) is 8.65. The topological polar surface area (TPSA) is 83.0 Å². The zero-order valence-electron chi connectivity index (χ0n) is 12.1. The SMILES string of the molecule is C[C@@H]1CN[C@H](CO)CO1.C[C@H]1CN[C@@H](CO)CO1.Cl.Cl. The lowest BCUT2D eigenvalue weighted by Crippen LogP contribution is -2.47. The molecule has 6 nitrogen and oxygen atoms in total. The molecule has 4 N–H and O–H groups in total. The van der Waals surface area contributed by atoms with Crippen LogP contribution in [-0.2, 0) is 9.47 Å². The van der Waals surface area contributed by atoms with Crippen LogP contribution >= 0.6 is 24.8 Å². The first-order valence-corrected chi connectivity index (χ1v) is 6.57. The van der Waals surface area contributed by atoms with Crippen LogP contribution in [0, 0.1) is 0 Å². The minimum absolute atomic E-state index is 0. The summed E-state index contributed by atoms with van der Waals surface area (Å²) >= 11 is 0. The van der Waals surface area contributed by atoms with Gasteiger partial charge in [0.15, 0.2) is 0 Å². The standard InChI is InChI=1S/2C6H13NO2.2ClH/c2*1-5-2-7-6(3-8)4-9-5;;/h2*5-8H,2-4H2,1H3;2*1H/t2*5-,6-;;/m10../s1. The van der Waals surface area contributed by atoms with Crippen molar-refractivity contribution in [1.29, 1.82) is 0 Å². The Morgan fingerprint density at radius 3 is 1.40 bits per heavy atom. The summed E-state index contributed by atoms with van der Waals surface area (Å²) in [6, 6.07) is 0.308. The van der Waals surface area contributed by atoms with E-state index in [1.165, 1.54) is 0 Å². The summed E-state index contributed by atoms with van der Waals surface area (Å²) in [7, 11) is 0. The molecule has 0 saturated carbocycles. The van der Waals surface area contributed by atoms with Crippen molar-refractivity contribution in [3.63, 3.8) is 0 Å². The largest absolute Gasteiger partial charge is 0.395 e. The molecule has 2 rings (SSSR count). The molecule has 0 spiro atoms. The maximum Gasteiger partial charge on any atom is 0.0672 e. The van der Waals surface area contributed by atoms with Gasteiger partial charge >= 0.3 is 0 Å². The highest BCUT2D eigenvalue weighted by molar-refractivity contribution is 5.85. The van der Waals surface area contributed by atoms with E-state index in [1.54, 1.807) is 0 Å². The highest BCUT2D eigenvalue weighted by atomic mass is 35.5. The Hall–Kier alpha value is 0.340. The normalized spacial score (nSPS) is 33.0. The predicted octanol–water partition coefficient (Wildman–Crippen LogP) is -0.445. The second-order valence-corrected chi connectivity index (χ2v) is 4.86. The van der Waals surface area contributed by atoms with Gasteiger partial charge in [0.2, 0.25) is 0 Å². The number of nitrogens with one attached hydrogen (secondary N) is 2. The zero-order chi connectivity index (χ0) is 13.4. The molecule has 0 unspecified atom stereocenters. The lowest BCUT2D eigenvalue weighted by atomic mass is 10.2. The first-order valence-electron chi connectivity index (χ1n) is 6.57. The molecule has 4 atom stereocenters. The maximum atomic E-state index is 8.63. The van der Waals surface area contributed by atoms with E-state index in [2.05, 4.69) is 10.6 Å². The van der Waals surface area contributed by atoms with Crippen LogP contribution in [0.1, 0.15) is 13.8 Å². The van der Waals surface area contributed by atoms with Gasteiger partial charge in [-0.3, -0.25) is 0 Å². The van der Waals surface area contributed by atoms with Crippen molar-refractivity contribution in [2.45, 2.75) is 38.1 Å². The Labute approximate surface area is 133 Å². The average molecular weight is 335 g/mol. The van der Waals surface area contributed by atoms with Crippen LogP contribution < -0.4 is 10.6 Å². The van der Waals surface area contributed by atoms with Crippen molar-refractivity contribution >= 4 is 24.8 Å². The van der Waals surface area contributed by atoms with Crippen LogP contribution in [0.2, 0.25) is 0 Å². The molecular formula is C12H28Cl2N2O4. The highest BCUT2D eigenvalue weighted by Gasteiger charge is 2.16. The fourth-order valence-corrected chi connectivity index (χ4v) is 1.70. The number of halogens is 2. The van der Waals surface area contributed by atoms with Gasteiger partial charge in [0.25, 0.3) is 0 Å². The molecule has 0 aromatic rings. The number of rotatable bonds is 2. The summed E-state index contributed by atoms with van der Waals surface area (Å²) in [6.07, 6.45) is 0.598. The van der Waals surface area contributed by atoms with Crippen molar-refractivity contribution < 1.29 is 19.7 Å². The third-order valence-electron chi connectivity index (χ3n) is 2.99. The lowest BCUT2D eigenvalue weighted by Gasteiger charge is -2.26. The summed E-state index contributed by atoms with van der Waals surface area (Å²) in [6.45, 7) is 7.35. The van der Waals surface area contributed by atoms with Gasteiger partial charge < -0.3 is 30.3 Å². The smallest absolute Gasteiger partial charge is 0.0672 e. The second-order valence-electron chi connectivity index (χ2n) is 4.86. The molecule has 124 valence electrons. The molecule has 0 radical (unpaired) electrons. The summed E-state index contributed by atoms with van der Waals surface area (Å²) in [5.74, 6) is 0. The molecule has 2 fully saturated rings. The van der Waals surface area contributed by atoms with Gasteiger partial charge in [0.1, 0.15) is 0 Å². The van der Waals surface area contributed by atoms with E-state index in [4.69, 9.17) is 19.7 Å². The average Bonchev–Trinajstić information content (AvgIpc) is 2.41. The van der Waals surface area contributed by atoms with Gasteiger partial charge in [-0.25, -0.2) is 0 Å². The van der Waals surface area contributed by atoms with Crippen LogP contribution in [0.25, 0.3) is 0 Å². The molecule has 2 heterocycles. The number of aliphatic hydroxyl groups excluding tert-OH is 2. The van der Waals surface area contributed by atoms with Gasteiger partial charge in [0, 0.05) is 13.1 Å². The van der Waals surface area contributed by atoms with Gasteiger partial charge in [-0.05, 0) is 13.8 Å². The van der Waals surface area contributed by atoms with E-state index in [0.717, 1.165) is 13.1 Å². The van der Waals surface area contributed by atoms with Crippen LogP contribution in [0.5, 0.6) is 0 Å². The van der Waals surface area contributed by atoms with Crippen molar-refractivity contribution in [2.75, 3.05) is 39.5 Å². The number of aliphatic hydroxyl groups is 2. The van der Waals surface area contributed by atoms with Gasteiger partial charge in [-0.1, -0.05) is 0 Å². The molecule has 0 aromatic carbocycles. The molecular weight excluding hydrogens is 307 g/mol. The number of hydrogen-bond donors (Lipinski definition) is 4. The Bertz CT molecular complexity index is 190. The first kappa shape index (κ1) is 22.6. The molecule has 2 saturated heterocycles. The Balaban J connectivity index is 0. The van der Waals surface area contributed by atoms with E-state index in [-0.39, 0.29) is 50.1 Å². The number of ether oxygens (including phenoxy) is 2. The summed E-state index contributed by atoms with van der Waals surface area (Å²) in [4.78, 5) is 0. The van der Waals surface area contributed by atoms with Crippen LogP contribution in [0.4, 0.5) is 0 Å². The quantitative estimate of drug-likeness (QED) is 0.548. The Kier molecular flexibility index (Phi) is 14.7. The third-order valence-corrected chi connectivity index (χ3v) is 2.99. The summed E-state index contributed by atoms with van der Waals surface area (Å²) in [5, 5.41) is 23.6. The number of morpholine rings is 2. The van der Waals surface area contributed by atoms with E-state index in [9.17, 15) is 0 Å². The van der Waals surface area contributed by atoms with Crippen LogP contribution in [-0.4, -0.2) is 74.0 Å². The third kappa shape index (κ3) is 9.31. The van der Waals surface area contributed by atoms with Gasteiger partial charge in [0.05, 0.1) is 50.7 Å². The van der Waals surface area contributed by atoms with Crippen LogP contribution in [0.3, 0.4) is 0 Å². The van der Waals surface area contributed by atoms with Crippen molar-refractivity contribution in [3.8, 4) is 0 Å². The highest BCUT2D eigenvalue weighted by Crippen LogP contribution is 1.99. The van der Waals surface area contributed by atoms with Crippen LogP contribution in [0.15, 0.2) is 0 Å². The monoisotopic (exact) mass is 334 g/mol. The molecule has 2 aliphatic rings. The van der Waals surface area contributed by atoms with Crippen molar-refractivity contribution in [2.24, 2.45) is 0 Å². The molecule has 0 aromatic heterocycles. The summed E-state index contributed by atoms with van der Waals surface area (Å²) in [5.41, 5.74) is 0. The Morgan fingerprint density at radius 1 is 0.850 bits per heavy atom. The van der Waals surface area contributed by atoms with Crippen molar-refractivity contribution in [3.05, 3.63) is 0 Å². The van der Waals surface area contributed by atoms with Gasteiger partial charge in [-0.2, -0.15) is 0 Å². The zero-order valence-corrected chi connectivity index (χ0v) is 13.7.